The second-order valence-electron chi connectivity index (χ2n) is 8.48. The molecule has 0 spiro atoms. The van der Waals surface area contributed by atoms with Gasteiger partial charge >= 0.3 is 29.2 Å². The van der Waals surface area contributed by atoms with Gasteiger partial charge in [0, 0.05) is 36.1 Å². The molecule has 6 N–H and O–H groups in total. The van der Waals surface area contributed by atoms with Gasteiger partial charge in [0.15, 0.2) is 0 Å². The second-order valence-corrected chi connectivity index (χ2v) is 13.8. The highest BCUT2D eigenvalue weighted by Gasteiger charge is 2.43. The minimum atomic E-state index is -5.72. The molecule has 43 heavy (non-hydrogen) atoms. The third kappa shape index (κ3) is 10.5. The smallest absolute Gasteiger partial charge is 0.490 e. The van der Waals surface area contributed by atoms with Gasteiger partial charge in [-0.1, -0.05) is 0 Å². The standard InChI is InChI=1S/C20H30N3O16P3S/c1-32-12-6-14(33-2)13(15(7-12)34-3)10-43-11-35-16-8-19(23-5-4-18(21)22-20(23)24)37-17(16)9-36-41(28,29)39-42(30,31)38-40(25,26)27/h4-7,16-17,19H,8-11H2,1-3H3,(H,28,29)(H,30,31)(H2,21,22,24)(H2,25,26,27)/t16-,17?,19+/m0/s1. The molecule has 0 saturated carbocycles. The van der Waals surface area contributed by atoms with Gasteiger partial charge in [-0.05, 0) is 6.07 Å². The number of hydrogen-bond donors (Lipinski definition) is 5. The summed E-state index contributed by atoms with van der Waals surface area (Å²) in [4.78, 5) is 52.6. The van der Waals surface area contributed by atoms with Crippen LogP contribution in [0.5, 0.6) is 17.2 Å². The van der Waals surface area contributed by atoms with Crippen molar-refractivity contribution < 1.29 is 70.1 Å². The zero-order chi connectivity index (χ0) is 32.0. The summed E-state index contributed by atoms with van der Waals surface area (Å²) in [6.45, 7) is -0.785. The number of nitrogens with zero attached hydrogens (tertiary/aromatic N) is 2. The Balaban J connectivity index is 1.71. The largest absolute Gasteiger partial charge is 0.496 e. The summed E-state index contributed by atoms with van der Waals surface area (Å²) < 4.78 is 75.9. The molecule has 1 saturated heterocycles. The quantitative estimate of drug-likeness (QED) is 0.0952. The number of aromatic nitrogens is 2. The van der Waals surface area contributed by atoms with Crippen molar-refractivity contribution >= 4 is 41.0 Å². The number of thioether (sulfide) groups is 1. The molecule has 3 rings (SSSR count). The fourth-order valence-corrected chi connectivity index (χ4v) is 7.68. The summed E-state index contributed by atoms with van der Waals surface area (Å²) >= 11 is 1.30. The predicted octanol–water partition coefficient (Wildman–Crippen LogP) is 1.76. The molecular formula is C20H30N3O16P3S. The van der Waals surface area contributed by atoms with Crippen LogP contribution in [0.1, 0.15) is 18.2 Å². The van der Waals surface area contributed by atoms with E-state index in [0.717, 1.165) is 4.57 Å². The minimum absolute atomic E-state index is 0.0305. The third-order valence-electron chi connectivity index (χ3n) is 5.59. The number of anilines is 1. The van der Waals surface area contributed by atoms with Gasteiger partial charge in [0.25, 0.3) is 0 Å². The molecule has 1 aliphatic heterocycles. The van der Waals surface area contributed by atoms with Crippen molar-refractivity contribution in [1.82, 2.24) is 9.55 Å². The monoisotopic (exact) mass is 693 g/mol. The van der Waals surface area contributed by atoms with Gasteiger partial charge in [-0.25, -0.2) is 18.5 Å². The van der Waals surface area contributed by atoms with E-state index >= 15 is 0 Å². The number of phosphoric ester groups is 1. The number of nitrogen functional groups attached to an aromatic ring is 1. The van der Waals surface area contributed by atoms with Crippen LogP contribution < -0.4 is 25.6 Å². The zero-order valence-corrected chi connectivity index (χ0v) is 26.3. The van der Waals surface area contributed by atoms with Crippen molar-refractivity contribution in [2.75, 3.05) is 39.6 Å². The van der Waals surface area contributed by atoms with Crippen molar-refractivity contribution in [1.29, 1.82) is 0 Å². The predicted molar refractivity (Wildman–Crippen MR) is 148 cm³/mol. The lowest BCUT2D eigenvalue weighted by molar-refractivity contribution is -0.0543. The molecule has 1 fully saturated rings. The van der Waals surface area contributed by atoms with Crippen LogP contribution in [0, 0.1) is 0 Å². The maximum atomic E-state index is 12.4. The lowest BCUT2D eigenvalue weighted by Crippen LogP contribution is -2.29. The number of nitrogens with two attached hydrogens (primary N) is 1. The van der Waals surface area contributed by atoms with E-state index in [2.05, 4.69) is 13.6 Å². The molecular weight excluding hydrogens is 663 g/mol. The fourth-order valence-electron chi connectivity index (χ4n) is 3.81. The number of methoxy groups -OCH3 is 3. The van der Waals surface area contributed by atoms with Crippen LogP contribution in [0.2, 0.25) is 0 Å². The minimum Gasteiger partial charge on any atom is -0.496 e. The zero-order valence-electron chi connectivity index (χ0n) is 22.8. The van der Waals surface area contributed by atoms with E-state index < -0.39 is 54.2 Å². The maximum Gasteiger partial charge on any atom is 0.490 e. The second kappa shape index (κ2) is 14.8. The summed E-state index contributed by atoms with van der Waals surface area (Å²) in [5, 5.41) is 0. The van der Waals surface area contributed by atoms with Crippen LogP contribution in [-0.2, 0) is 42.1 Å². The highest BCUT2D eigenvalue weighted by atomic mass is 32.2. The number of phosphoric acid groups is 3. The van der Waals surface area contributed by atoms with E-state index in [1.165, 1.54) is 45.4 Å². The Kier molecular flexibility index (Phi) is 12.2. The molecule has 2 heterocycles. The van der Waals surface area contributed by atoms with E-state index in [9.17, 15) is 28.3 Å². The summed E-state index contributed by atoms with van der Waals surface area (Å²) in [5.41, 5.74) is 5.51. The summed E-state index contributed by atoms with van der Waals surface area (Å²) in [5.74, 6) is 1.92. The average Bonchev–Trinajstić information content (AvgIpc) is 3.30. The van der Waals surface area contributed by atoms with E-state index in [1.807, 2.05) is 0 Å². The van der Waals surface area contributed by atoms with Gasteiger partial charge in [-0.3, -0.25) is 9.09 Å². The molecule has 3 unspecified atom stereocenters. The first kappa shape index (κ1) is 35.5. The van der Waals surface area contributed by atoms with Gasteiger partial charge < -0.3 is 49.0 Å². The Morgan fingerprint density at radius 1 is 1.05 bits per heavy atom. The van der Waals surface area contributed by atoms with Crippen molar-refractivity contribution in [2.45, 2.75) is 30.6 Å². The number of ether oxygens (including phenoxy) is 5. The van der Waals surface area contributed by atoms with Crippen LogP contribution in [0.4, 0.5) is 5.82 Å². The molecule has 0 aliphatic carbocycles. The third-order valence-corrected chi connectivity index (χ3v) is 10.2. The normalized spacial score (nSPS) is 21.6. The summed E-state index contributed by atoms with van der Waals surface area (Å²) in [6.07, 6.45) is -1.63. The topological polar surface area (TPSA) is 267 Å². The lowest BCUT2D eigenvalue weighted by Gasteiger charge is -2.21. The highest BCUT2D eigenvalue weighted by Crippen LogP contribution is 2.66. The molecule has 1 aromatic carbocycles. The first-order chi connectivity index (χ1) is 20.1. The van der Waals surface area contributed by atoms with Crippen LogP contribution >= 0.6 is 35.2 Å². The van der Waals surface area contributed by atoms with Gasteiger partial charge in [0.1, 0.15) is 35.4 Å². The number of hydrogen-bond acceptors (Lipinski definition) is 15. The van der Waals surface area contributed by atoms with E-state index in [-0.39, 0.29) is 18.2 Å². The van der Waals surface area contributed by atoms with E-state index in [0.29, 0.717) is 28.6 Å². The van der Waals surface area contributed by atoms with Crippen molar-refractivity contribution in [3.05, 3.63) is 40.4 Å². The number of benzene rings is 1. The lowest BCUT2D eigenvalue weighted by atomic mass is 10.2. The highest BCUT2D eigenvalue weighted by molar-refractivity contribution is 7.98. The van der Waals surface area contributed by atoms with Gasteiger partial charge in [-0.2, -0.15) is 13.6 Å². The van der Waals surface area contributed by atoms with Gasteiger partial charge in [0.2, 0.25) is 0 Å². The molecule has 0 amide bonds. The van der Waals surface area contributed by atoms with Gasteiger partial charge in [-0.15, -0.1) is 11.8 Å². The van der Waals surface area contributed by atoms with Crippen LogP contribution in [0.3, 0.4) is 0 Å². The molecule has 19 nitrogen and oxygen atoms in total. The fraction of sp³-hybridized carbons (Fsp3) is 0.500. The number of rotatable bonds is 16. The molecule has 0 radical (unpaired) electrons. The van der Waals surface area contributed by atoms with Crippen LogP contribution in [0.15, 0.2) is 29.2 Å². The van der Waals surface area contributed by atoms with Crippen LogP contribution in [-0.4, -0.2) is 75.2 Å². The maximum absolute atomic E-state index is 12.4. The Morgan fingerprint density at radius 2 is 1.70 bits per heavy atom. The first-order valence-corrected chi connectivity index (χ1v) is 17.5. The Labute approximate surface area is 248 Å². The molecule has 1 aromatic heterocycles. The summed E-state index contributed by atoms with van der Waals surface area (Å²) in [7, 11) is -12.2. The van der Waals surface area contributed by atoms with E-state index in [1.54, 1.807) is 12.1 Å². The molecule has 5 atom stereocenters. The SMILES string of the molecule is COc1cc(OC)c(CSCO[C@H]2C[C@H](n3ccc(N)nc3=O)OC2COP(=O)(O)OP(=O)(O)OP(=O)(O)O)c(OC)c1. The van der Waals surface area contributed by atoms with Crippen molar-refractivity contribution in [3.63, 3.8) is 0 Å². The molecule has 242 valence electrons. The molecule has 2 aromatic rings. The Bertz CT molecular complexity index is 1450. The molecule has 23 heteroatoms. The van der Waals surface area contributed by atoms with E-state index in [4.69, 9.17) is 43.7 Å². The van der Waals surface area contributed by atoms with Crippen LogP contribution in [0.25, 0.3) is 0 Å². The van der Waals surface area contributed by atoms with Crippen molar-refractivity contribution in [2.24, 2.45) is 0 Å². The average molecular weight is 693 g/mol. The molecule has 0 bridgehead atoms. The van der Waals surface area contributed by atoms with Crippen molar-refractivity contribution in [3.8, 4) is 17.2 Å². The Morgan fingerprint density at radius 3 is 2.26 bits per heavy atom. The first-order valence-electron chi connectivity index (χ1n) is 11.8. The summed E-state index contributed by atoms with van der Waals surface area (Å²) in [6, 6.07) is 4.73. The Hall–Kier alpha value is -2.02. The molecule has 1 aliphatic rings. The van der Waals surface area contributed by atoms with Gasteiger partial charge in [0.05, 0.1) is 40.0 Å².